The summed E-state index contributed by atoms with van der Waals surface area (Å²) in [6, 6.07) is 14.0. The molecule has 7 heteroatoms. The summed E-state index contributed by atoms with van der Waals surface area (Å²) in [6.45, 7) is 4.71. The second-order valence-electron chi connectivity index (χ2n) is 6.58. The molecule has 27 heavy (non-hydrogen) atoms. The highest BCUT2D eigenvalue weighted by atomic mass is 16.6. The highest BCUT2D eigenvalue weighted by Gasteiger charge is 2.22. The van der Waals surface area contributed by atoms with Crippen LogP contribution in [0.25, 0.3) is 0 Å². The quantitative estimate of drug-likeness (QED) is 0.462. The number of hydrogen-bond acceptors (Lipinski definition) is 5. The van der Waals surface area contributed by atoms with Gasteiger partial charge in [0.25, 0.3) is 11.6 Å². The normalized spacial score (nSPS) is 11.1. The molecule has 0 aliphatic carbocycles. The summed E-state index contributed by atoms with van der Waals surface area (Å²) in [5, 5.41) is 17.3. The summed E-state index contributed by atoms with van der Waals surface area (Å²) in [6.07, 6.45) is 1.46. The van der Waals surface area contributed by atoms with Gasteiger partial charge >= 0.3 is 0 Å². The van der Waals surface area contributed by atoms with Crippen LogP contribution in [0.3, 0.4) is 0 Å². The summed E-state index contributed by atoms with van der Waals surface area (Å²) in [7, 11) is 0. The fourth-order valence-electron chi connectivity index (χ4n) is 2.62. The number of amides is 1. The van der Waals surface area contributed by atoms with E-state index in [1.807, 2.05) is 44.2 Å². The molecule has 0 heterocycles. The number of rotatable bonds is 9. The van der Waals surface area contributed by atoms with Crippen molar-refractivity contribution in [1.82, 2.24) is 5.32 Å². The van der Waals surface area contributed by atoms with Gasteiger partial charge in [-0.2, -0.15) is 0 Å². The molecule has 2 aromatic rings. The number of benzene rings is 2. The van der Waals surface area contributed by atoms with Crippen LogP contribution in [0.15, 0.2) is 48.5 Å². The second-order valence-corrected chi connectivity index (χ2v) is 6.58. The van der Waals surface area contributed by atoms with E-state index in [0.29, 0.717) is 18.8 Å². The molecular weight excluding hydrogens is 344 g/mol. The minimum atomic E-state index is -0.491. The topological polar surface area (TPSA) is 110 Å². The maximum Gasteiger partial charge on any atom is 0.293 e. The first kappa shape index (κ1) is 20.4. The zero-order chi connectivity index (χ0) is 19.9. The SMILES string of the molecule is CCC(N)(CC)CNC(=O)c1ccc(NCc2ccccc2)c([N+](=O)[O-])c1. The third-order valence-electron chi connectivity index (χ3n) is 4.79. The van der Waals surface area contributed by atoms with Crippen molar-refractivity contribution < 1.29 is 9.72 Å². The van der Waals surface area contributed by atoms with Gasteiger partial charge in [-0.1, -0.05) is 44.2 Å². The number of nitrogens with two attached hydrogens (primary N) is 1. The molecule has 2 rings (SSSR count). The van der Waals surface area contributed by atoms with Gasteiger partial charge in [0.05, 0.1) is 4.92 Å². The Bertz CT molecular complexity index is 789. The Hall–Kier alpha value is -2.93. The van der Waals surface area contributed by atoms with Gasteiger partial charge in [0.2, 0.25) is 0 Å². The van der Waals surface area contributed by atoms with Gasteiger partial charge in [0.15, 0.2) is 0 Å². The maximum atomic E-state index is 12.4. The van der Waals surface area contributed by atoms with Gasteiger partial charge in [-0.15, -0.1) is 0 Å². The van der Waals surface area contributed by atoms with Crippen molar-refractivity contribution in [2.75, 3.05) is 11.9 Å². The molecule has 0 unspecified atom stereocenters. The molecule has 0 atom stereocenters. The molecule has 0 bridgehead atoms. The van der Waals surface area contributed by atoms with E-state index in [1.54, 1.807) is 12.1 Å². The Labute approximate surface area is 159 Å². The van der Waals surface area contributed by atoms with Crippen molar-refractivity contribution in [3.63, 3.8) is 0 Å². The third kappa shape index (κ3) is 5.52. The Balaban J connectivity index is 2.12. The fraction of sp³-hybridized carbons (Fsp3) is 0.350. The van der Waals surface area contributed by atoms with E-state index in [2.05, 4.69) is 10.6 Å². The number of anilines is 1. The predicted octanol–water partition coefficient (Wildman–Crippen LogP) is 3.45. The summed E-state index contributed by atoms with van der Waals surface area (Å²) in [5.41, 5.74) is 7.19. The average molecular weight is 370 g/mol. The zero-order valence-corrected chi connectivity index (χ0v) is 15.7. The second kappa shape index (κ2) is 9.14. The van der Waals surface area contributed by atoms with Gasteiger partial charge in [-0.3, -0.25) is 14.9 Å². The van der Waals surface area contributed by atoms with Crippen molar-refractivity contribution in [1.29, 1.82) is 0 Å². The molecule has 0 aliphatic rings. The Morgan fingerprint density at radius 1 is 1.15 bits per heavy atom. The lowest BCUT2D eigenvalue weighted by Gasteiger charge is -2.26. The summed E-state index contributed by atoms with van der Waals surface area (Å²) >= 11 is 0. The first-order valence-corrected chi connectivity index (χ1v) is 9.02. The molecule has 0 spiro atoms. The lowest BCUT2D eigenvalue weighted by molar-refractivity contribution is -0.384. The number of carbonyl (C=O) groups is 1. The van der Waals surface area contributed by atoms with Gasteiger partial charge in [0, 0.05) is 30.3 Å². The molecular formula is C20H26N4O3. The molecule has 0 fully saturated rings. The number of nitrogens with one attached hydrogen (secondary N) is 2. The lowest BCUT2D eigenvalue weighted by Crippen LogP contribution is -2.49. The largest absolute Gasteiger partial charge is 0.375 e. The first-order valence-electron chi connectivity index (χ1n) is 9.02. The predicted molar refractivity (Wildman–Crippen MR) is 107 cm³/mol. The van der Waals surface area contributed by atoms with E-state index in [-0.39, 0.29) is 17.2 Å². The van der Waals surface area contributed by atoms with E-state index in [9.17, 15) is 14.9 Å². The smallest absolute Gasteiger partial charge is 0.293 e. The molecule has 7 nitrogen and oxygen atoms in total. The first-order chi connectivity index (χ1) is 12.9. The molecule has 0 aromatic heterocycles. The van der Waals surface area contributed by atoms with Crippen LogP contribution in [0.5, 0.6) is 0 Å². The van der Waals surface area contributed by atoms with Gasteiger partial charge < -0.3 is 16.4 Å². The van der Waals surface area contributed by atoms with E-state index in [1.165, 1.54) is 6.07 Å². The van der Waals surface area contributed by atoms with E-state index in [4.69, 9.17) is 5.73 Å². The van der Waals surface area contributed by atoms with Crippen molar-refractivity contribution in [2.24, 2.45) is 5.73 Å². The van der Waals surface area contributed by atoms with Gasteiger partial charge in [-0.25, -0.2) is 0 Å². The van der Waals surface area contributed by atoms with Gasteiger partial charge in [-0.05, 0) is 30.5 Å². The van der Waals surface area contributed by atoms with E-state index < -0.39 is 10.5 Å². The number of nitrogens with zero attached hydrogens (tertiary/aromatic N) is 1. The van der Waals surface area contributed by atoms with Crippen LogP contribution >= 0.6 is 0 Å². The van der Waals surface area contributed by atoms with E-state index in [0.717, 1.165) is 18.4 Å². The molecule has 144 valence electrons. The van der Waals surface area contributed by atoms with Crippen LogP contribution in [0.4, 0.5) is 11.4 Å². The van der Waals surface area contributed by atoms with Crippen molar-refractivity contribution in [2.45, 2.75) is 38.8 Å². The molecule has 0 saturated carbocycles. The van der Waals surface area contributed by atoms with E-state index >= 15 is 0 Å². The average Bonchev–Trinajstić information content (AvgIpc) is 2.70. The highest BCUT2D eigenvalue weighted by molar-refractivity contribution is 5.95. The lowest BCUT2D eigenvalue weighted by atomic mass is 9.94. The monoisotopic (exact) mass is 370 g/mol. The molecule has 0 radical (unpaired) electrons. The number of carbonyl (C=O) groups excluding carboxylic acids is 1. The maximum absolute atomic E-state index is 12.4. The minimum Gasteiger partial charge on any atom is -0.375 e. The Morgan fingerprint density at radius 3 is 2.41 bits per heavy atom. The van der Waals surface area contributed by atoms with Crippen molar-refractivity contribution >= 4 is 17.3 Å². The third-order valence-corrected chi connectivity index (χ3v) is 4.79. The van der Waals surface area contributed by atoms with Crippen molar-refractivity contribution in [3.05, 3.63) is 69.8 Å². The van der Waals surface area contributed by atoms with Crippen LogP contribution in [0.2, 0.25) is 0 Å². The van der Waals surface area contributed by atoms with Crippen LogP contribution in [0, 0.1) is 10.1 Å². The van der Waals surface area contributed by atoms with Crippen molar-refractivity contribution in [3.8, 4) is 0 Å². The summed E-state index contributed by atoms with van der Waals surface area (Å²) < 4.78 is 0. The molecule has 2 aromatic carbocycles. The number of hydrogen-bond donors (Lipinski definition) is 3. The standard InChI is InChI=1S/C20H26N4O3/c1-3-20(21,4-2)14-23-19(25)16-10-11-17(18(12-16)24(26)27)22-13-15-8-6-5-7-9-15/h5-12,22H,3-4,13-14,21H2,1-2H3,(H,23,25). The Morgan fingerprint density at radius 2 is 1.81 bits per heavy atom. The highest BCUT2D eigenvalue weighted by Crippen LogP contribution is 2.26. The fourth-order valence-corrected chi connectivity index (χ4v) is 2.62. The molecule has 4 N–H and O–H groups in total. The summed E-state index contributed by atoms with van der Waals surface area (Å²) in [4.78, 5) is 23.3. The minimum absolute atomic E-state index is 0.136. The summed E-state index contributed by atoms with van der Waals surface area (Å²) in [5.74, 6) is -0.371. The van der Waals surface area contributed by atoms with Crippen LogP contribution in [0.1, 0.15) is 42.6 Å². The van der Waals surface area contributed by atoms with Crippen LogP contribution in [-0.2, 0) is 6.54 Å². The zero-order valence-electron chi connectivity index (χ0n) is 15.7. The van der Waals surface area contributed by atoms with Gasteiger partial charge in [0.1, 0.15) is 5.69 Å². The molecule has 0 aliphatic heterocycles. The number of nitro groups is 1. The number of nitro benzene ring substituents is 1. The Kier molecular flexibility index (Phi) is 6.90. The van der Waals surface area contributed by atoms with Crippen LogP contribution in [-0.4, -0.2) is 22.9 Å². The molecule has 1 amide bonds. The molecule has 0 saturated heterocycles. The van der Waals surface area contributed by atoms with Crippen LogP contribution < -0.4 is 16.4 Å².